The van der Waals surface area contributed by atoms with Crippen LogP contribution in [0.5, 0.6) is 0 Å². The molecule has 2 aromatic carbocycles. The van der Waals surface area contributed by atoms with Crippen molar-refractivity contribution in [3.63, 3.8) is 0 Å². The van der Waals surface area contributed by atoms with Crippen LogP contribution in [0, 0.1) is 0 Å². The molecular weight excluding hydrogens is 855 g/mol. The molecule has 4 aliphatic rings. The summed E-state index contributed by atoms with van der Waals surface area (Å²) in [5.41, 5.74) is 11.4. The van der Waals surface area contributed by atoms with E-state index in [1.807, 2.05) is 158 Å². The third kappa shape index (κ3) is 13.4. The maximum absolute atomic E-state index is 4.76. The number of rotatable bonds is 4. The van der Waals surface area contributed by atoms with Crippen LogP contribution in [0.1, 0.15) is 22.8 Å². The SMILES string of the molecule is C1=CC(=C2C=C(c3ccccn3)[N-]C(c3ccccn3)=C2)C=C1.C1=CC(=C2C=C(c3ccccn3)[N-]C(c3ccccn3)=C2)C=C1.[Fe+2].[Fe+2].[Ni+2].c1cc[cH-]c1.c1cc[cH-]c1. The van der Waals surface area contributed by atoms with Crippen molar-refractivity contribution in [2.45, 2.75) is 0 Å². The molecule has 0 saturated heterocycles. The van der Waals surface area contributed by atoms with Crippen molar-refractivity contribution in [3.05, 3.63) is 287 Å². The van der Waals surface area contributed by atoms with E-state index in [0.717, 1.165) is 56.7 Å². The fourth-order valence-electron chi connectivity index (χ4n) is 5.75. The Morgan fingerprint density at radius 3 is 0.814 bits per heavy atom. The second kappa shape index (κ2) is 24.6. The average Bonchev–Trinajstić information content (AvgIpc) is 4.15. The van der Waals surface area contributed by atoms with Crippen LogP contribution in [0.3, 0.4) is 0 Å². The number of nitrogens with zero attached hydrogens (tertiary/aromatic N) is 6. The third-order valence-corrected chi connectivity index (χ3v) is 8.46. The van der Waals surface area contributed by atoms with Gasteiger partial charge < -0.3 is 10.6 Å². The summed E-state index contributed by atoms with van der Waals surface area (Å²) in [6.07, 6.45) is 32.0. The van der Waals surface area contributed by atoms with Crippen LogP contribution in [-0.2, 0) is 50.6 Å². The minimum Gasteiger partial charge on any atom is -0.654 e. The van der Waals surface area contributed by atoms with Gasteiger partial charge in [0.05, 0.1) is 0 Å². The largest absolute Gasteiger partial charge is 2.00 e. The van der Waals surface area contributed by atoms with Crippen molar-refractivity contribution in [1.82, 2.24) is 19.9 Å². The van der Waals surface area contributed by atoms with Gasteiger partial charge in [0.2, 0.25) is 0 Å². The zero-order valence-electron chi connectivity index (χ0n) is 31.6. The molecule has 6 nitrogen and oxygen atoms in total. The van der Waals surface area contributed by atoms with Crippen molar-refractivity contribution in [3.8, 4) is 0 Å². The molecule has 292 valence electrons. The van der Waals surface area contributed by atoms with Gasteiger partial charge in [0, 0.05) is 47.6 Å². The molecule has 4 aromatic heterocycles. The van der Waals surface area contributed by atoms with E-state index >= 15 is 0 Å². The summed E-state index contributed by atoms with van der Waals surface area (Å²) < 4.78 is 0. The molecule has 0 spiro atoms. The van der Waals surface area contributed by atoms with E-state index in [-0.39, 0.29) is 50.6 Å². The molecule has 0 saturated carbocycles. The van der Waals surface area contributed by atoms with E-state index in [0.29, 0.717) is 0 Å². The van der Waals surface area contributed by atoms with Crippen LogP contribution in [0.2, 0.25) is 0 Å². The maximum Gasteiger partial charge on any atom is 2.00 e. The Hall–Kier alpha value is -6.17. The van der Waals surface area contributed by atoms with Gasteiger partial charge in [-0.2, -0.15) is 36.4 Å². The number of aromatic nitrogens is 4. The van der Waals surface area contributed by atoms with Gasteiger partial charge in [0.15, 0.2) is 0 Å². The van der Waals surface area contributed by atoms with E-state index in [1.54, 1.807) is 24.8 Å². The summed E-state index contributed by atoms with van der Waals surface area (Å²) in [6, 6.07) is 43.4. The fraction of sp³-hybridized carbons (Fsp3) is 0. The van der Waals surface area contributed by atoms with Crippen LogP contribution >= 0.6 is 0 Å². The molecule has 2 aliphatic heterocycles. The molecule has 0 fully saturated rings. The van der Waals surface area contributed by atoms with Crippen LogP contribution < -0.4 is 0 Å². The van der Waals surface area contributed by atoms with E-state index < -0.39 is 0 Å². The van der Waals surface area contributed by atoms with Gasteiger partial charge in [-0.05, 0) is 70.8 Å². The first-order valence-corrected chi connectivity index (χ1v) is 18.3. The Bertz CT molecular complexity index is 2120. The Balaban J connectivity index is 0.000000202. The summed E-state index contributed by atoms with van der Waals surface area (Å²) in [6.45, 7) is 0. The van der Waals surface area contributed by atoms with Gasteiger partial charge in [-0.3, -0.25) is 19.9 Å². The molecule has 59 heavy (non-hydrogen) atoms. The molecule has 0 bridgehead atoms. The molecule has 6 aromatic rings. The van der Waals surface area contributed by atoms with Crippen LogP contribution in [-0.4, -0.2) is 19.9 Å². The van der Waals surface area contributed by atoms with Crippen molar-refractivity contribution in [2.24, 2.45) is 0 Å². The Labute approximate surface area is 377 Å². The van der Waals surface area contributed by atoms with Gasteiger partial charge in [0.1, 0.15) is 0 Å². The van der Waals surface area contributed by atoms with Gasteiger partial charge in [0.25, 0.3) is 0 Å². The minimum atomic E-state index is 0. The van der Waals surface area contributed by atoms with Crippen molar-refractivity contribution in [1.29, 1.82) is 0 Å². The van der Waals surface area contributed by atoms with Crippen molar-refractivity contribution >= 4 is 22.8 Å². The number of hydrogen-bond acceptors (Lipinski definition) is 4. The molecule has 0 atom stereocenters. The third-order valence-electron chi connectivity index (χ3n) is 8.46. The van der Waals surface area contributed by atoms with Crippen molar-refractivity contribution in [2.75, 3.05) is 0 Å². The Kier molecular flexibility index (Phi) is 19.0. The standard InChI is InChI=1S/2C20H14N3.2C5H5.2Fe.Ni/c2*1-2-8-15(7-1)16-13-19(17-9-3-5-11-21-17)23-20(14-16)18-10-4-6-12-22-18;2*1-2-4-5-3-1;;;/h2*1-14H;2*1-5H;;;/q4*-1;3*+2. The quantitative estimate of drug-likeness (QED) is 0.130. The summed E-state index contributed by atoms with van der Waals surface area (Å²) in [5, 5.41) is 9.52. The first-order chi connectivity index (χ1) is 27.8. The van der Waals surface area contributed by atoms with E-state index in [9.17, 15) is 0 Å². The second-order valence-electron chi connectivity index (χ2n) is 12.4. The van der Waals surface area contributed by atoms with Crippen LogP contribution in [0.4, 0.5) is 0 Å². The Morgan fingerprint density at radius 1 is 0.339 bits per heavy atom. The number of hydrogen-bond donors (Lipinski definition) is 0. The first kappa shape index (κ1) is 45.5. The summed E-state index contributed by atoms with van der Waals surface area (Å²) in [5.74, 6) is 0. The van der Waals surface area contributed by atoms with Crippen molar-refractivity contribution < 1.29 is 50.6 Å². The zero-order chi connectivity index (χ0) is 38.0. The average molecular weight is 893 g/mol. The normalized spacial score (nSPS) is 14.0. The number of allylic oxidation sites excluding steroid dienone is 16. The smallest absolute Gasteiger partial charge is 0.654 e. The van der Waals surface area contributed by atoms with E-state index in [1.165, 1.54) is 11.1 Å². The molecule has 0 unspecified atom stereocenters. The fourth-order valence-corrected chi connectivity index (χ4v) is 5.75. The predicted molar refractivity (Wildman–Crippen MR) is 230 cm³/mol. The topological polar surface area (TPSA) is 79.8 Å². The monoisotopic (exact) mass is 892 g/mol. The van der Waals surface area contributed by atoms with Gasteiger partial charge in [-0.15, -0.1) is 22.8 Å². The predicted octanol–water partition coefficient (Wildman–Crippen LogP) is 12.1. The maximum atomic E-state index is 4.76. The molecule has 2 aliphatic carbocycles. The van der Waals surface area contributed by atoms with Crippen LogP contribution in [0.15, 0.2) is 253 Å². The first-order valence-electron chi connectivity index (χ1n) is 18.3. The summed E-state index contributed by atoms with van der Waals surface area (Å²) in [7, 11) is 0. The molecular formula is C50H38Fe2N6Ni+2. The molecule has 6 heterocycles. The summed E-state index contributed by atoms with van der Waals surface area (Å²) in [4.78, 5) is 17.7. The molecule has 9 heteroatoms. The van der Waals surface area contributed by atoms with Gasteiger partial charge >= 0.3 is 50.6 Å². The second-order valence-corrected chi connectivity index (χ2v) is 12.4. The zero-order valence-corrected chi connectivity index (χ0v) is 34.8. The number of pyridine rings is 4. The van der Waals surface area contributed by atoms with E-state index in [4.69, 9.17) is 10.6 Å². The summed E-state index contributed by atoms with van der Waals surface area (Å²) >= 11 is 0. The van der Waals surface area contributed by atoms with E-state index in [2.05, 4.69) is 68.5 Å². The molecule has 0 N–H and O–H groups in total. The molecule has 0 amide bonds. The van der Waals surface area contributed by atoms with Crippen LogP contribution in [0.25, 0.3) is 33.4 Å². The Morgan fingerprint density at radius 2 is 0.610 bits per heavy atom. The molecule has 0 radical (unpaired) electrons. The van der Waals surface area contributed by atoms with Gasteiger partial charge in [-0.1, -0.05) is 97.2 Å². The minimum absolute atomic E-state index is 0. The van der Waals surface area contributed by atoms with Gasteiger partial charge in [-0.25, -0.2) is 24.3 Å². The molecule has 10 rings (SSSR count).